The number of anilines is 2. The van der Waals surface area contributed by atoms with Gasteiger partial charge < -0.3 is 10.6 Å². The van der Waals surface area contributed by atoms with Gasteiger partial charge in [0.2, 0.25) is 0 Å². The van der Waals surface area contributed by atoms with Gasteiger partial charge in [-0.2, -0.15) is 10.5 Å². The van der Waals surface area contributed by atoms with Crippen LogP contribution >= 0.6 is 0 Å². The van der Waals surface area contributed by atoms with Crippen LogP contribution in [0.2, 0.25) is 0 Å². The minimum Gasteiger partial charge on any atom is -0.322 e. The van der Waals surface area contributed by atoms with E-state index in [2.05, 4.69) is 15.6 Å². The molecule has 7 heteroatoms. The Balaban J connectivity index is 1.71. The van der Waals surface area contributed by atoms with E-state index < -0.39 is 11.8 Å². The van der Waals surface area contributed by atoms with E-state index in [1.165, 1.54) is 18.5 Å². The Labute approximate surface area is 160 Å². The molecular formula is C21H13N5O2. The number of carbonyl (C=O) groups is 2. The van der Waals surface area contributed by atoms with E-state index in [-0.39, 0.29) is 11.1 Å². The zero-order valence-corrected chi connectivity index (χ0v) is 14.5. The number of aromatic nitrogens is 1. The Morgan fingerprint density at radius 1 is 0.714 bits per heavy atom. The highest BCUT2D eigenvalue weighted by Crippen LogP contribution is 2.13. The van der Waals surface area contributed by atoms with Gasteiger partial charge in [0.05, 0.1) is 34.4 Å². The average Bonchev–Trinajstić information content (AvgIpc) is 2.75. The van der Waals surface area contributed by atoms with Gasteiger partial charge in [0.15, 0.2) is 0 Å². The molecule has 3 aromatic rings. The van der Waals surface area contributed by atoms with Crippen molar-refractivity contribution in [1.82, 2.24) is 4.98 Å². The van der Waals surface area contributed by atoms with Crippen LogP contribution in [0, 0.1) is 22.7 Å². The van der Waals surface area contributed by atoms with Gasteiger partial charge in [0.25, 0.3) is 11.8 Å². The molecular weight excluding hydrogens is 354 g/mol. The maximum absolute atomic E-state index is 12.4. The number of hydrogen-bond donors (Lipinski definition) is 2. The number of nitriles is 2. The number of hydrogen-bond acceptors (Lipinski definition) is 5. The predicted molar refractivity (Wildman–Crippen MR) is 102 cm³/mol. The van der Waals surface area contributed by atoms with Crippen molar-refractivity contribution in [3.63, 3.8) is 0 Å². The maximum Gasteiger partial charge on any atom is 0.257 e. The Morgan fingerprint density at radius 2 is 1.11 bits per heavy atom. The Bertz CT molecular complexity index is 1020. The van der Waals surface area contributed by atoms with Crippen LogP contribution in [0.15, 0.2) is 67.0 Å². The average molecular weight is 367 g/mol. The molecule has 1 aromatic heterocycles. The predicted octanol–water partition coefficient (Wildman–Crippen LogP) is 3.33. The Hall–Kier alpha value is -4.49. The highest BCUT2D eigenvalue weighted by molar-refractivity contribution is 6.08. The molecule has 2 amide bonds. The van der Waals surface area contributed by atoms with Crippen LogP contribution in [-0.2, 0) is 0 Å². The molecule has 28 heavy (non-hydrogen) atoms. The SMILES string of the molecule is N#Cc1ccc(NC(=O)c2cncc(C(=O)Nc3ccc(C#N)cc3)c2)cc1. The van der Waals surface area contributed by atoms with Crippen LogP contribution in [0.1, 0.15) is 31.8 Å². The first-order valence-corrected chi connectivity index (χ1v) is 8.17. The molecule has 134 valence electrons. The number of rotatable bonds is 4. The number of nitrogens with one attached hydrogen (secondary N) is 2. The molecule has 2 N–H and O–H groups in total. The lowest BCUT2D eigenvalue weighted by Gasteiger charge is -2.08. The van der Waals surface area contributed by atoms with E-state index in [1.54, 1.807) is 48.5 Å². The van der Waals surface area contributed by atoms with Crippen LogP contribution in [0.3, 0.4) is 0 Å². The van der Waals surface area contributed by atoms with Crippen molar-refractivity contribution in [3.05, 3.63) is 89.2 Å². The fourth-order valence-electron chi connectivity index (χ4n) is 2.35. The van der Waals surface area contributed by atoms with Crippen LogP contribution in [0.25, 0.3) is 0 Å². The molecule has 0 aliphatic heterocycles. The van der Waals surface area contributed by atoms with Crippen LogP contribution < -0.4 is 10.6 Å². The molecule has 0 spiro atoms. The summed E-state index contributed by atoms with van der Waals surface area (Å²) >= 11 is 0. The Kier molecular flexibility index (Phi) is 5.40. The quantitative estimate of drug-likeness (QED) is 0.733. The summed E-state index contributed by atoms with van der Waals surface area (Å²) in [6, 6.07) is 18.3. The summed E-state index contributed by atoms with van der Waals surface area (Å²) < 4.78 is 0. The summed E-state index contributed by atoms with van der Waals surface area (Å²) in [5, 5.41) is 23.0. The molecule has 0 saturated heterocycles. The van der Waals surface area contributed by atoms with Gasteiger partial charge in [-0.15, -0.1) is 0 Å². The minimum atomic E-state index is -0.426. The molecule has 0 aliphatic carbocycles. The van der Waals surface area contributed by atoms with Gasteiger partial charge in [-0.05, 0) is 54.6 Å². The molecule has 0 aliphatic rings. The number of nitrogens with zero attached hydrogens (tertiary/aromatic N) is 3. The highest BCUT2D eigenvalue weighted by Gasteiger charge is 2.12. The molecule has 0 bridgehead atoms. The van der Waals surface area contributed by atoms with Gasteiger partial charge in [-0.3, -0.25) is 14.6 Å². The normalized spacial score (nSPS) is 9.64. The van der Waals surface area contributed by atoms with Crippen molar-refractivity contribution in [3.8, 4) is 12.1 Å². The monoisotopic (exact) mass is 367 g/mol. The standard InChI is InChI=1S/C21H13N5O2/c22-10-14-1-5-18(6-2-14)25-20(27)16-9-17(13-24-12-16)21(28)26-19-7-3-15(11-23)4-8-19/h1-9,12-13H,(H,25,27)(H,26,28). The second-order valence-corrected chi connectivity index (χ2v) is 5.75. The van der Waals surface area contributed by atoms with Crippen LogP contribution in [0.5, 0.6) is 0 Å². The molecule has 3 rings (SSSR count). The number of amides is 2. The van der Waals surface area contributed by atoms with E-state index in [0.29, 0.717) is 22.5 Å². The zero-order valence-electron chi connectivity index (χ0n) is 14.5. The van der Waals surface area contributed by atoms with Gasteiger partial charge >= 0.3 is 0 Å². The molecule has 0 radical (unpaired) electrons. The molecule has 0 saturated carbocycles. The lowest BCUT2D eigenvalue weighted by Crippen LogP contribution is -2.16. The van der Waals surface area contributed by atoms with Crippen molar-refractivity contribution < 1.29 is 9.59 Å². The second-order valence-electron chi connectivity index (χ2n) is 5.75. The van der Waals surface area contributed by atoms with Gasteiger partial charge in [0, 0.05) is 23.8 Å². The van der Waals surface area contributed by atoms with E-state index in [0.717, 1.165) is 0 Å². The van der Waals surface area contributed by atoms with E-state index >= 15 is 0 Å². The summed E-state index contributed by atoms with van der Waals surface area (Å²) in [7, 11) is 0. The summed E-state index contributed by atoms with van der Waals surface area (Å²) in [4.78, 5) is 28.7. The third-order valence-electron chi connectivity index (χ3n) is 3.81. The lowest BCUT2D eigenvalue weighted by molar-refractivity contribution is 0.102. The van der Waals surface area contributed by atoms with Crippen molar-refractivity contribution in [2.75, 3.05) is 10.6 Å². The van der Waals surface area contributed by atoms with Gasteiger partial charge in [-0.25, -0.2) is 0 Å². The topological polar surface area (TPSA) is 119 Å². The second kappa shape index (κ2) is 8.26. The van der Waals surface area contributed by atoms with Crippen LogP contribution in [-0.4, -0.2) is 16.8 Å². The van der Waals surface area contributed by atoms with E-state index in [4.69, 9.17) is 10.5 Å². The van der Waals surface area contributed by atoms with E-state index in [1.807, 2.05) is 12.1 Å². The number of pyridine rings is 1. The minimum absolute atomic E-state index is 0.219. The fourth-order valence-corrected chi connectivity index (χ4v) is 2.35. The first kappa shape index (κ1) is 18.3. The summed E-state index contributed by atoms with van der Waals surface area (Å²) in [6.07, 6.45) is 2.72. The van der Waals surface area contributed by atoms with Gasteiger partial charge in [-0.1, -0.05) is 0 Å². The molecule has 0 fully saturated rings. The molecule has 1 heterocycles. The third-order valence-corrected chi connectivity index (χ3v) is 3.81. The third kappa shape index (κ3) is 4.37. The largest absolute Gasteiger partial charge is 0.322 e. The van der Waals surface area contributed by atoms with E-state index in [9.17, 15) is 9.59 Å². The zero-order chi connectivity index (χ0) is 19.9. The first-order valence-electron chi connectivity index (χ1n) is 8.17. The summed E-state index contributed by atoms with van der Waals surface area (Å²) in [6.45, 7) is 0. The summed E-state index contributed by atoms with van der Waals surface area (Å²) in [5.74, 6) is -0.851. The van der Waals surface area contributed by atoms with Crippen molar-refractivity contribution >= 4 is 23.2 Å². The number of benzene rings is 2. The smallest absolute Gasteiger partial charge is 0.257 e. The fraction of sp³-hybridized carbons (Fsp3) is 0. The number of carbonyl (C=O) groups excluding carboxylic acids is 2. The Morgan fingerprint density at radius 3 is 1.46 bits per heavy atom. The van der Waals surface area contributed by atoms with Crippen molar-refractivity contribution in [2.24, 2.45) is 0 Å². The molecule has 0 unspecified atom stereocenters. The van der Waals surface area contributed by atoms with Gasteiger partial charge in [0.1, 0.15) is 0 Å². The molecule has 7 nitrogen and oxygen atoms in total. The highest BCUT2D eigenvalue weighted by atomic mass is 16.2. The maximum atomic E-state index is 12.4. The summed E-state index contributed by atoms with van der Waals surface area (Å²) in [5.41, 5.74) is 2.46. The molecule has 0 atom stereocenters. The van der Waals surface area contributed by atoms with Crippen molar-refractivity contribution in [1.29, 1.82) is 10.5 Å². The first-order chi connectivity index (χ1) is 13.6. The van der Waals surface area contributed by atoms with Crippen LogP contribution in [0.4, 0.5) is 11.4 Å². The molecule has 2 aromatic carbocycles. The van der Waals surface area contributed by atoms with Crippen molar-refractivity contribution in [2.45, 2.75) is 0 Å². The lowest BCUT2D eigenvalue weighted by atomic mass is 10.1.